The van der Waals surface area contributed by atoms with E-state index in [0.717, 1.165) is 19.4 Å². The standard InChI is InChI=1S/C23H44N2O3/c1-3-4-5-6-7-8-9-10-11-12-13-14-15-16-21-28-23(27)18-20-25-22(26)17-19-24(25)2/h3-21H2,1-2H3. The van der Waals surface area contributed by atoms with E-state index >= 15 is 0 Å². The highest BCUT2D eigenvalue weighted by atomic mass is 16.5. The lowest BCUT2D eigenvalue weighted by Crippen LogP contribution is -2.37. The molecule has 164 valence electrons. The van der Waals surface area contributed by atoms with Crippen molar-refractivity contribution >= 4 is 11.9 Å². The first kappa shape index (κ1) is 24.9. The first-order chi connectivity index (χ1) is 13.6. The average molecular weight is 397 g/mol. The number of hydrogen-bond donors (Lipinski definition) is 0. The zero-order valence-corrected chi connectivity index (χ0v) is 18.6. The highest BCUT2D eigenvalue weighted by Crippen LogP contribution is 2.13. The van der Waals surface area contributed by atoms with Crippen LogP contribution in [0.25, 0.3) is 0 Å². The Hall–Kier alpha value is -1.10. The summed E-state index contributed by atoms with van der Waals surface area (Å²) in [5.41, 5.74) is 0. The van der Waals surface area contributed by atoms with Crippen LogP contribution in [0.5, 0.6) is 0 Å². The highest BCUT2D eigenvalue weighted by molar-refractivity contribution is 5.78. The van der Waals surface area contributed by atoms with Crippen LogP contribution in [0.2, 0.25) is 0 Å². The number of carbonyl (C=O) groups is 2. The molecule has 1 aliphatic rings. The molecule has 0 bridgehead atoms. The highest BCUT2D eigenvalue weighted by Gasteiger charge is 2.25. The fourth-order valence-electron chi connectivity index (χ4n) is 3.74. The van der Waals surface area contributed by atoms with Crippen molar-refractivity contribution in [3.63, 3.8) is 0 Å². The van der Waals surface area contributed by atoms with E-state index in [2.05, 4.69) is 6.92 Å². The van der Waals surface area contributed by atoms with Crippen molar-refractivity contribution in [1.82, 2.24) is 10.0 Å². The molecule has 0 saturated carbocycles. The van der Waals surface area contributed by atoms with Crippen LogP contribution in [0.4, 0.5) is 0 Å². The maximum Gasteiger partial charge on any atom is 0.307 e. The van der Waals surface area contributed by atoms with Gasteiger partial charge in [-0.2, -0.15) is 0 Å². The molecule has 0 spiro atoms. The Morgan fingerprint density at radius 1 is 0.857 bits per heavy atom. The monoisotopic (exact) mass is 396 g/mol. The van der Waals surface area contributed by atoms with Gasteiger partial charge in [-0.15, -0.1) is 0 Å². The number of carbonyl (C=O) groups excluding carboxylic acids is 2. The minimum Gasteiger partial charge on any atom is -0.466 e. The number of hydrogen-bond acceptors (Lipinski definition) is 4. The van der Waals surface area contributed by atoms with Gasteiger partial charge in [0.15, 0.2) is 0 Å². The maximum absolute atomic E-state index is 11.8. The molecule has 5 heteroatoms. The lowest BCUT2D eigenvalue weighted by Gasteiger charge is -2.23. The number of ether oxygens (including phenoxy) is 1. The van der Waals surface area contributed by atoms with Crippen molar-refractivity contribution in [3.8, 4) is 0 Å². The zero-order valence-electron chi connectivity index (χ0n) is 18.6. The summed E-state index contributed by atoms with van der Waals surface area (Å²) < 4.78 is 5.28. The molecule has 0 unspecified atom stereocenters. The summed E-state index contributed by atoms with van der Waals surface area (Å²) in [6, 6.07) is 0. The van der Waals surface area contributed by atoms with Crippen LogP contribution in [-0.2, 0) is 14.3 Å². The van der Waals surface area contributed by atoms with Gasteiger partial charge in [-0.25, -0.2) is 5.01 Å². The van der Waals surface area contributed by atoms with Crippen LogP contribution in [0.3, 0.4) is 0 Å². The van der Waals surface area contributed by atoms with Gasteiger partial charge in [0.05, 0.1) is 13.0 Å². The predicted octanol–water partition coefficient (Wildman–Crippen LogP) is 5.48. The molecule has 0 aromatic rings. The third kappa shape index (κ3) is 12.4. The maximum atomic E-state index is 11.8. The first-order valence-electron chi connectivity index (χ1n) is 11.8. The molecule has 0 aromatic heterocycles. The van der Waals surface area contributed by atoms with Crippen LogP contribution in [-0.4, -0.2) is 48.6 Å². The number of amides is 1. The summed E-state index contributed by atoms with van der Waals surface area (Å²) in [7, 11) is 1.88. The van der Waals surface area contributed by atoms with E-state index in [9.17, 15) is 9.59 Å². The van der Waals surface area contributed by atoms with Crippen molar-refractivity contribution < 1.29 is 14.3 Å². The Kier molecular flexibility index (Phi) is 15.0. The summed E-state index contributed by atoms with van der Waals surface area (Å²) in [6.07, 6.45) is 19.4. The molecular weight excluding hydrogens is 352 g/mol. The van der Waals surface area contributed by atoms with E-state index in [1.54, 1.807) is 5.01 Å². The quantitative estimate of drug-likeness (QED) is 0.227. The molecule has 1 amide bonds. The SMILES string of the molecule is CCCCCCCCCCCCCCCCOC(=O)CCN1C(=O)CCN1C. The third-order valence-corrected chi connectivity index (χ3v) is 5.64. The Balaban J connectivity index is 1.79. The second kappa shape index (κ2) is 16.8. The van der Waals surface area contributed by atoms with E-state index in [0.29, 0.717) is 19.6 Å². The summed E-state index contributed by atoms with van der Waals surface area (Å²) in [5.74, 6) is -0.0925. The molecule has 1 fully saturated rings. The summed E-state index contributed by atoms with van der Waals surface area (Å²) in [5, 5.41) is 3.52. The summed E-state index contributed by atoms with van der Waals surface area (Å²) in [4.78, 5) is 23.4. The normalized spacial score (nSPS) is 14.8. The molecule has 1 heterocycles. The van der Waals surface area contributed by atoms with Crippen LogP contribution in [0, 0.1) is 0 Å². The Morgan fingerprint density at radius 3 is 1.82 bits per heavy atom. The van der Waals surface area contributed by atoms with Crippen LogP contribution in [0.1, 0.15) is 110 Å². The van der Waals surface area contributed by atoms with E-state index in [1.807, 2.05) is 12.1 Å². The third-order valence-electron chi connectivity index (χ3n) is 5.64. The van der Waals surface area contributed by atoms with Gasteiger partial charge >= 0.3 is 5.97 Å². The van der Waals surface area contributed by atoms with Gasteiger partial charge < -0.3 is 4.74 Å². The van der Waals surface area contributed by atoms with Crippen molar-refractivity contribution in [2.45, 2.75) is 110 Å². The van der Waals surface area contributed by atoms with Gasteiger partial charge in [0.1, 0.15) is 0 Å². The lowest BCUT2D eigenvalue weighted by atomic mass is 10.0. The van der Waals surface area contributed by atoms with Gasteiger partial charge in [0.2, 0.25) is 5.91 Å². The largest absolute Gasteiger partial charge is 0.466 e. The number of nitrogens with zero attached hydrogens (tertiary/aromatic N) is 2. The average Bonchev–Trinajstić information content (AvgIpc) is 3.01. The smallest absolute Gasteiger partial charge is 0.307 e. The molecule has 5 nitrogen and oxygen atoms in total. The zero-order chi connectivity index (χ0) is 20.5. The second-order valence-corrected chi connectivity index (χ2v) is 8.21. The van der Waals surface area contributed by atoms with Crippen molar-refractivity contribution in [2.24, 2.45) is 0 Å². The van der Waals surface area contributed by atoms with E-state index < -0.39 is 0 Å². The molecule has 1 saturated heterocycles. The fourth-order valence-corrected chi connectivity index (χ4v) is 3.74. The fraction of sp³-hybridized carbons (Fsp3) is 0.913. The summed E-state index contributed by atoms with van der Waals surface area (Å²) >= 11 is 0. The molecule has 0 atom stereocenters. The van der Waals surface area contributed by atoms with Gasteiger partial charge in [-0.1, -0.05) is 90.4 Å². The Labute approximate surface area is 173 Å². The number of hydrazine groups is 1. The lowest BCUT2D eigenvalue weighted by molar-refractivity contribution is -0.146. The van der Waals surface area contributed by atoms with Crippen molar-refractivity contribution in [1.29, 1.82) is 0 Å². The first-order valence-corrected chi connectivity index (χ1v) is 11.8. The molecule has 28 heavy (non-hydrogen) atoms. The Bertz CT molecular complexity index is 415. The van der Waals surface area contributed by atoms with Gasteiger partial charge in [0.25, 0.3) is 0 Å². The molecule has 0 N–H and O–H groups in total. The van der Waals surface area contributed by atoms with Crippen LogP contribution < -0.4 is 0 Å². The van der Waals surface area contributed by atoms with Gasteiger partial charge in [0, 0.05) is 26.6 Å². The minimum absolute atomic E-state index is 0.0993. The molecule has 0 aromatic carbocycles. The number of rotatable bonds is 18. The topological polar surface area (TPSA) is 49.9 Å². The number of unbranched alkanes of at least 4 members (excludes halogenated alkanes) is 13. The minimum atomic E-state index is -0.192. The predicted molar refractivity (Wildman–Crippen MR) is 115 cm³/mol. The second-order valence-electron chi connectivity index (χ2n) is 8.21. The van der Waals surface area contributed by atoms with E-state index in [4.69, 9.17) is 4.74 Å². The van der Waals surface area contributed by atoms with E-state index in [1.165, 1.54) is 77.0 Å². The van der Waals surface area contributed by atoms with Gasteiger partial charge in [-0.3, -0.25) is 14.6 Å². The summed E-state index contributed by atoms with van der Waals surface area (Å²) in [6.45, 7) is 3.96. The van der Waals surface area contributed by atoms with Crippen LogP contribution in [0.15, 0.2) is 0 Å². The van der Waals surface area contributed by atoms with E-state index in [-0.39, 0.29) is 18.3 Å². The molecule has 1 aliphatic heterocycles. The molecule has 1 rings (SSSR count). The molecule has 0 radical (unpaired) electrons. The van der Waals surface area contributed by atoms with Crippen LogP contribution >= 0.6 is 0 Å². The van der Waals surface area contributed by atoms with Gasteiger partial charge in [-0.05, 0) is 6.42 Å². The molecular formula is C23H44N2O3. The molecule has 0 aliphatic carbocycles. The Morgan fingerprint density at radius 2 is 1.36 bits per heavy atom. The van der Waals surface area contributed by atoms with Crippen molar-refractivity contribution in [2.75, 3.05) is 26.7 Å². The number of esters is 1. The van der Waals surface area contributed by atoms with Crippen molar-refractivity contribution in [3.05, 3.63) is 0 Å².